The minimum atomic E-state index is -2.62. The fourth-order valence-corrected chi connectivity index (χ4v) is 5.18. The number of H-pyrrole nitrogens is 2. The third-order valence-electron chi connectivity index (χ3n) is 6.92. The Hall–Kier alpha value is -2.68. The molecule has 2 aromatic heterocycles. The lowest BCUT2D eigenvalue weighted by atomic mass is 9.84. The minimum Gasteiger partial charge on any atom is -0.308 e. The molecule has 3 aromatic rings. The third kappa shape index (κ3) is 4.05. The normalized spacial score (nSPS) is 24.4. The van der Waals surface area contributed by atoms with E-state index in [0.717, 1.165) is 12.1 Å². The molecular weight excluding hydrogens is 419 g/mol. The zero-order chi connectivity index (χ0) is 22.5. The summed E-state index contributed by atoms with van der Waals surface area (Å²) in [5.41, 5.74) is 1.99. The van der Waals surface area contributed by atoms with E-state index in [2.05, 4.69) is 27.0 Å². The Balaban J connectivity index is 1.40. The van der Waals surface area contributed by atoms with Crippen LogP contribution < -0.4 is 5.56 Å². The van der Waals surface area contributed by atoms with Gasteiger partial charge in [-0.15, -0.1) is 0 Å². The van der Waals surface area contributed by atoms with Crippen molar-refractivity contribution < 1.29 is 13.2 Å². The quantitative estimate of drug-likeness (QED) is 0.627. The number of benzene rings is 1. The van der Waals surface area contributed by atoms with Gasteiger partial charge in [-0.25, -0.2) is 18.2 Å². The highest BCUT2D eigenvalue weighted by molar-refractivity contribution is 5.76. The lowest BCUT2D eigenvalue weighted by Crippen LogP contribution is -2.24. The van der Waals surface area contributed by atoms with Crippen LogP contribution in [0.15, 0.2) is 29.1 Å². The molecule has 1 saturated carbocycles. The van der Waals surface area contributed by atoms with Gasteiger partial charge in [0.2, 0.25) is 5.92 Å². The minimum absolute atomic E-state index is 0.0131. The monoisotopic (exact) mass is 445 g/mol. The van der Waals surface area contributed by atoms with Crippen molar-refractivity contribution in [2.24, 2.45) is 5.92 Å². The van der Waals surface area contributed by atoms with Crippen LogP contribution in [0.2, 0.25) is 0 Å². The average Bonchev–Trinajstić information content (AvgIpc) is 3.32. The van der Waals surface area contributed by atoms with Crippen molar-refractivity contribution in [3.8, 4) is 0 Å². The van der Waals surface area contributed by atoms with Gasteiger partial charge < -0.3 is 4.98 Å². The first-order valence-corrected chi connectivity index (χ1v) is 11.1. The van der Waals surface area contributed by atoms with E-state index in [9.17, 15) is 18.0 Å². The summed E-state index contributed by atoms with van der Waals surface area (Å²) in [6.45, 7) is 4.23. The number of halogens is 3. The Bertz CT molecular complexity index is 1180. The second-order valence-corrected chi connectivity index (χ2v) is 9.32. The maximum Gasteiger partial charge on any atom is 0.279 e. The molecule has 1 aromatic carbocycles. The Labute approximate surface area is 183 Å². The highest BCUT2D eigenvalue weighted by Crippen LogP contribution is 2.41. The fourth-order valence-electron chi connectivity index (χ4n) is 5.18. The zero-order valence-electron chi connectivity index (χ0n) is 17.9. The van der Waals surface area contributed by atoms with Crippen LogP contribution in [0.1, 0.15) is 61.5 Å². The van der Waals surface area contributed by atoms with Gasteiger partial charge in [-0.2, -0.15) is 5.10 Å². The molecule has 2 N–H and O–H groups in total. The summed E-state index contributed by atoms with van der Waals surface area (Å²) < 4.78 is 40.7. The van der Waals surface area contributed by atoms with E-state index in [1.807, 2.05) is 6.07 Å². The summed E-state index contributed by atoms with van der Waals surface area (Å²) >= 11 is 0. The summed E-state index contributed by atoms with van der Waals surface area (Å²) in [5.74, 6) is -2.12. The van der Waals surface area contributed by atoms with E-state index in [1.54, 1.807) is 6.07 Å². The van der Waals surface area contributed by atoms with Gasteiger partial charge in [0.25, 0.3) is 5.56 Å². The number of hydrogen-bond donors (Lipinski definition) is 2. The number of rotatable bonds is 4. The first-order valence-electron chi connectivity index (χ1n) is 11.1. The number of likely N-dealkylation sites (tertiary alicyclic amines) is 1. The second kappa shape index (κ2) is 8.03. The van der Waals surface area contributed by atoms with Crippen LogP contribution in [-0.2, 0) is 6.54 Å². The van der Waals surface area contributed by atoms with E-state index < -0.39 is 5.92 Å². The van der Waals surface area contributed by atoms with E-state index >= 15 is 0 Å². The second-order valence-electron chi connectivity index (χ2n) is 9.32. The molecule has 1 saturated heterocycles. The summed E-state index contributed by atoms with van der Waals surface area (Å²) in [6.07, 6.45) is 0.358. The molecule has 0 amide bonds. The number of aromatic amines is 2. The smallest absolute Gasteiger partial charge is 0.279 e. The van der Waals surface area contributed by atoms with Crippen LogP contribution in [0.25, 0.3) is 11.0 Å². The molecule has 2 aliphatic rings. The molecule has 5 rings (SSSR count). The molecule has 2 fully saturated rings. The van der Waals surface area contributed by atoms with Crippen LogP contribution >= 0.6 is 0 Å². The highest BCUT2D eigenvalue weighted by Gasteiger charge is 2.37. The van der Waals surface area contributed by atoms with Crippen LogP contribution in [-0.4, -0.2) is 44.1 Å². The summed E-state index contributed by atoms with van der Waals surface area (Å²) in [4.78, 5) is 22.6. The Morgan fingerprint density at radius 3 is 2.72 bits per heavy atom. The molecule has 0 bridgehead atoms. The van der Waals surface area contributed by atoms with Crippen molar-refractivity contribution in [3.05, 3.63) is 57.5 Å². The molecule has 0 radical (unpaired) electrons. The van der Waals surface area contributed by atoms with Crippen molar-refractivity contribution in [2.75, 3.05) is 13.1 Å². The van der Waals surface area contributed by atoms with E-state index in [1.165, 1.54) is 12.1 Å². The SMILES string of the molecule is CC1CN(Cc2cccc(F)c2)CC1c1nc2c(C3CCC(F)(F)CC3)[nH]nc2c(=O)[nH]1. The molecule has 2 unspecified atom stereocenters. The van der Waals surface area contributed by atoms with Gasteiger partial charge in [-0.3, -0.25) is 14.8 Å². The van der Waals surface area contributed by atoms with Crippen molar-refractivity contribution in [3.63, 3.8) is 0 Å². The van der Waals surface area contributed by atoms with Gasteiger partial charge in [0.1, 0.15) is 17.2 Å². The molecule has 32 heavy (non-hydrogen) atoms. The van der Waals surface area contributed by atoms with Crippen molar-refractivity contribution in [1.82, 2.24) is 25.1 Å². The van der Waals surface area contributed by atoms with Gasteiger partial charge in [-0.1, -0.05) is 19.1 Å². The number of hydrogen-bond acceptors (Lipinski definition) is 4. The molecule has 1 aliphatic heterocycles. The largest absolute Gasteiger partial charge is 0.308 e. The lowest BCUT2D eigenvalue weighted by molar-refractivity contribution is -0.0384. The number of alkyl halides is 2. The van der Waals surface area contributed by atoms with Gasteiger partial charge >= 0.3 is 0 Å². The van der Waals surface area contributed by atoms with Crippen LogP contribution in [0.5, 0.6) is 0 Å². The summed E-state index contributed by atoms with van der Waals surface area (Å²) in [6, 6.07) is 6.57. The Kier molecular flexibility index (Phi) is 5.31. The average molecular weight is 445 g/mol. The number of fused-ring (bicyclic) bond motifs is 1. The van der Waals surface area contributed by atoms with Crippen molar-refractivity contribution >= 4 is 11.0 Å². The van der Waals surface area contributed by atoms with Gasteiger partial charge in [-0.05, 0) is 36.5 Å². The maximum atomic E-state index is 13.6. The Morgan fingerprint density at radius 1 is 1.19 bits per heavy atom. The first-order chi connectivity index (χ1) is 15.3. The fraction of sp³-hybridized carbons (Fsp3) is 0.522. The van der Waals surface area contributed by atoms with Crippen molar-refractivity contribution in [1.29, 1.82) is 0 Å². The molecule has 9 heteroatoms. The molecule has 170 valence electrons. The number of nitrogens with zero attached hydrogens (tertiary/aromatic N) is 3. The Morgan fingerprint density at radius 2 is 1.97 bits per heavy atom. The first kappa shape index (κ1) is 21.2. The summed E-state index contributed by atoms with van der Waals surface area (Å²) in [5, 5.41) is 7.03. The lowest BCUT2D eigenvalue weighted by Gasteiger charge is -2.27. The zero-order valence-corrected chi connectivity index (χ0v) is 17.9. The standard InChI is InChI=1S/C23H26F3N5O/c1-13-10-31(11-14-3-2-4-16(24)9-14)12-17(13)21-27-19-18(29-30-20(19)22(32)28-21)15-5-7-23(25,26)8-6-15/h2-4,9,13,15,17H,5-8,10-12H2,1H3,(H,29,30)(H,27,28,32). The van der Waals surface area contributed by atoms with Crippen LogP contribution in [0.3, 0.4) is 0 Å². The summed E-state index contributed by atoms with van der Waals surface area (Å²) in [7, 11) is 0. The van der Waals surface area contributed by atoms with E-state index in [0.29, 0.717) is 43.0 Å². The molecule has 2 atom stereocenters. The molecule has 0 spiro atoms. The highest BCUT2D eigenvalue weighted by atomic mass is 19.3. The van der Waals surface area contributed by atoms with Gasteiger partial charge in [0, 0.05) is 44.3 Å². The van der Waals surface area contributed by atoms with Crippen LogP contribution in [0.4, 0.5) is 13.2 Å². The van der Waals surface area contributed by atoms with E-state index in [4.69, 9.17) is 4.98 Å². The van der Waals surface area contributed by atoms with Gasteiger partial charge in [0.15, 0.2) is 5.52 Å². The molecule has 1 aliphatic carbocycles. The topological polar surface area (TPSA) is 77.7 Å². The van der Waals surface area contributed by atoms with E-state index in [-0.39, 0.29) is 47.5 Å². The molecule has 3 heterocycles. The van der Waals surface area contributed by atoms with Crippen molar-refractivity contribution in [2.45, 2.75) is 56.9 Å². The van der Waals surface area contributed by atoms with Gasteiger partial charge in [0.05, 0.1) is 5.69 Å². The van der Waals surface area contributed by atoms with Crippen LogP contribution in [0, 0.1) is 11.7 Å². The predicted molar refractivity (Wildman–Crippen MR) is 114 cm³/mol. The molecule has 6 nitrogen and oxygen atoms in total. The predicted octanol–water partition coefficient (Wildman–Crippen LogP) is 4.31. The number of aromatic nitrogens is 4. The maximum absolute atomic E-state index is 13.6. The third-order valence-corrected chi connectivity index (χ3v) is 6.92. The number of nitrogens with one attached hydrogen (secondary N) is 2. The molecular formula is C23H26F3N5O.